The highest BCUT2D eigenvalue weighted by molar-refractivity contribution is 8.13. The van der Waals surface area contributed by atoms with Gasteiger partial charge in [0, 0.05) is 29.0 Å². The molecule has 0 spiro atoms. The number of H-pyrrole nitrogens is 1. The third-order valence-electron chi connectivity index (χ3n) is 2.75. The van der Waals surface area contributed by atoms with Crippen LogP contribution in [0.15, 0.2) is 47.8 Å². The van der Waals surface area contributed by atoms with Crippen molar-refractivity contribution >= 4 is 34.6 Å². The van der Waals surface area contributed by atoms with Crippen LogP contribution < -0.4 is 5.32 Å². The lowest BCUT2D eigenvalue weighted by Gasteiger charge is -2.06. The minimum atomic E-state index is -0.126. The second kappa shape index (κ2) is 9.32. The van der Waals surface area contributed by atoms with Gasteiger partial charge in [0.2, 0.25) is 0 Å². The average Bonchev–Trinajstić information content (AvgIpc) is 3.07. The molecule has 0 aliphatic carbocycles. The molecule has 5 nitrogen and oxygen atoms in total. The summed E-state index contributed by atoms with van der Waals surface area (Å²) in [4.78, 5) is 23.5. The zero-order valence-electron chi connectivity index (χ0n) is 12.3. The molecule has 22 heavy (non-hydrogen) atoms. The number of thioether (sulfide) groups is 2. The van der Waals surface area contributed by atoms with Crippen LogP contribution in [-0.2, 0) is 5.75 Å². The molecular formula is C15H18N4OS2. The van der Waals surface area contributed by atoms with Crippen molar-refractivity contribution in [3.8, 4) is 0 Å². The number of hydrogen-bond acceptors (Lipinski definition) is 5. The van der Waals surface area contributed by atoms with E-state index in [0.717, 1.165) is 17.2 Å². The molecule has 0 atom stereocenters. The first kappa shape index (κ1) is 16.6. The Morgan fingerprint density at radius 2 is 2.18 bits per heavy atom. The first-order valence-electron chi connectivity index (χ1n) is 6.79. The van der Waals surface area contributed by atoms with Gasteiger partial charge in [0.1, 0.15) is 0 Å². The van der Waals surface area contributed by atoms with E-state index in [0.29, 0.717) is 17.3 Å². The van der Waals surface area contributed by atoms with Crippen molar-refractivity contribution in [1.82, 2.24) is 15.3 Å². The predicted molar refractivity (Wildman–Crippen MR) is 94.5 cm³/mol. The maximum Gasteiger partial charge on any atom is 0.257 e. The Morgan fingerprint density at radius 3 is 2.86 bits per heavy atom. The fourth-order valence-electron chi connectivity index (χ4n) is 1.67. The Kier molecular flexibility index (Phi) is 7.05. The van der Waals surface area contributed by atoms with Crippen LogP contribution in [0.25, 0.3) is 0 Å². The van der Waals surface area contributed by atoms with Crippen LogP contribution in [0.3, 0.4) is 0 Å². The van der Waals surface area contributed by atoms with Crippen molar-refractivity contribution in [3.05, 3.63) is 54.1 Å². The number of nitrogens with one attached hydrogen (secondary N) is 2. The van der Waals surface area contributed by atoms with Crippen LogP contribution in [0.4, 0.5) is 0 Å². The number of carbonyl (C=O) groups excluding carboxylic acids is 1. The number of imidazole rings is 1. The van der Waals surface area contributed by atoms with E-state index < -0.39 is 0 Å². The van der Waals surface area contributed by atoms with Crippen LogP contribution >= 0.6 is 23.5 Å². The van der Waals surface area contributed by atoms with Crippen molar-refractivity contribution < 1.29 is 4.79 Å². The predicted octanol–water partition coefficient (Wildman–Crippen LogP) is 2.79. The fourth-order valence-corrected chi connectivity index (χ4v) is 2.83. The molecule has 0 aliphatic heterocycles. The highest BCUT2D eigenvalue weighted by Crippen LogP contribution is 2.09. The molecule has 0 saturated heterocycles. The SMILES string of the molecule is CSC(=NCCSCc1cnc[nH]1)NC(=O)c1ccccc1. The summed E-state index contributed by atoms with van der Waals surface area (Å²) in [6.45, 7) is 0.671. The molecule has 7 heteroatoms. The lowest BCUT2D eigenvalue weighted by Crippen LogP contribution is -2.28. The summed E-state index contributed by atoms with van der Waals surface area (Å²) < 4.78 is 0. The zero-order valence-corrected chi connectivity index (χ0v) is 13.9. The number of amidine groups is 1. The Bertz CT molecular complexity index is 599. The van der Waals surface area contributed by atoms with E-state index in [4.69, 9.17) is 0 Å². The topological polar surface area (TPSA) is 70.1 Å². The van der Waals surface area contributed by atoms with Gasteiger partial charge in [-0.1, -0.05) is 30.0 Å². The lowest BCUT2D eigenvalue weighted by molar-refractivity contribution is 0.0978. The van der Waals surface area contributed by atoms with Crippen molar-refractivity contribution in [3.63, 3.8) is 0 Å². The second-order valence-electron chi connectivity index (χ2n) is 4.34. The van der Waals surface area contributed by atoms with E-state index in [1.54, 1.807) is 30.2 Å². The van der Waals surface area contributed by atoms with Crippen LogP contribution in [-0.4, -0.2) is 39.6 Å². The molecule has 2 N–H and O–H groups in total. The van der Waals surface area contributed by atoms with Crippen LogP contribution in [0.2, 0.25) is 0 Å². The summed E-state index contributed by atoms with van der Waals surface area (Å²) in [5.74, 6) is 1.66. The molecule has 2 rings (SSSR count). The van der Waals surface area contributed by atoms with Crippen LogP contribution in [0, 0.1) is 0 Å². The minimum Gasteiger partial charge on any atom is -0.348 e. The van der Waals surface area contributed by atoms with E-state index in [-0.39, 0.29) is 5.91 Å². The maximum absolute atomic E-state index is 12.0. The molecule has 0 aliphatic rings. The first-order chi connectivity index (χ1) is 10.8. The number of nitrogens with zero attached hydrogens (tertiary/aromatic N) is 2. The number of aliphatic imine (C=N–C) groups is 1. The summed E-state index contributed by atoms with van der Waals surface area (Å²) in [5, 5.41) is 3.49. The summed E-state index contributed by atoms with van der Waals surface area (Å²) in [6, 6.07) is 9.14. The summed E-state index contributed by atoms with van der Waals surface area (Å²) in [7, 11) is 0. The highest BCUT2D eigenvalue weighted by Gasteiger charge is 2.07. The standard InChI is InChI=1S/C15H18N4OS2/c1-21-15(19-14(20)12-5-3-2-4-6-12)17-7-8-22-10-13-9-16-11-18-13/h2-6,9,11H,7-8,10H2,1H3,(H,16,18)(H,17,19,20). The van der Waals surface area contributed by atoms with E-state index in [9.17, 15) is 4.79 Å². The van der Waals surface area contributed by atoms with Crippen LogP contribution in [0.5, 0.6) is 0 Å². The average molecular weight is 334 g/mol. The molecule has 1 aromatic carbocycles. The Hall–Kier alpha value is -1.73. The molecular weight excluding hydrogens is 316 g/mol. The van der Waals surface area contributed by atoms with Crippen molar-refractivity contribution in [2.45, 2.75) is 5.75 Å². The number of aromatic nitrogens is 2. The van der Waals surface area contributed by atoms with Gasteiger partial charge in [-0.3, -0.25) is 9.79 Å². The molecule has 1 amide bonds. The molecule has 1 aromatic heterocycles. The van der Waals surface area contributed by atoms with Gasteiger partial charge in [0.15, 0.2) is 5.17 Å². The fraction of sp³-hybridized carbons (Fsp3) is 0.267. The third kappa shape index (κ3) is 5.57. The van der Waals surface area contributed by atoms with Crippen molar-refractivity contribution in [2.75, 3.05) is 18.6 Å². The summed E-state index contributed by atoms with van der Waals surface area (Å²) in [6.07, 6.45) is 5.41. The number of hydrogen-bond donors (Lipinski definition) is 2. The minimum absolute atomic E-state index is 0.126. The first-order valence-corrected chi connectivity index (χ1v) is 9.17. The lowest BCUT2D eigenvalue weighted by atomic mass is 10.2. The van der Waals surface area contributed by atoms with Gasteiger partial charge < -0.3 is 10.3 Å². The molecule has 0 bridgehead atoms. The summed E-state index contributed by atoms with van der Waals surface area (Å²) in [5.41, 5.74) is 1.74. The number of benzene rings is 1. The number of aromatic amines is 1. The van der Waals surface area contributed by atoms with Gasteiger partial charge in [0.05, 0.1) is 12.9 Å². The van der Waals surface area contributed by atoms with E-state index in [1.807, 2.05) is 30.7 Å². The molecule has 0 fully saturated rings. The number of carbonyl (C=O) groups is 1. The highest BCUT2D eigenvalue weighted by atomic mass is 32.2. The molecule has 0 radical (unpaired) electrons. The quantitative estimate of drug-likeness (QED) is 0.484. The molecule has 0 unspecified atom stereocenters. The van der Waals surface area contributed by atoms with E-state index >= 15 is 0 Å². The maximum atomic E-state index is 12.0. The normalized spacial score (nSPS) is 11.4. The Labute approximate surface area is 138 Å². The zero-order chi connectivity index (χ0) is 15.6. The summed E-state index contributed by atoms with van der Waals surface area (Å²) >= 11 is 3.22. The van der Waals surface area contributed by atoms with Gasteiger partial charge in [-0.2, -0.15) is 11.8 Å². The smallest absolute Gasteiger partial charge is 0.257 e. The van der Waals surface area contributed by atoms with Gasteiger partial charge in [-0.25, -0.2) is 4.98 Å². The van der Waals surface area contributed by atoms with Crippen molar-refractivity contribution in [2.24, 2.45) is 4.99 Å². The monoisotopic (exact) mass is 334 g/mol. The second-order valence-corrected chi connectivity index (χ2v) is 6.24. The Morgan fingerprint density at radius 1 is 1.36 bits per heavy atom. The van der Waals surface area contributed by atoms with Crippen molar-refractivity contribution in [1.29, 1.82) is 0 Å². The van der Waals surface area contributed by atoms with E-state index in [2.05, 4.69) is 20.3 Å². The number of rotatable bonds is 6. The number of amides is 1. The molecule has 116 valence electrons. The third-order valence-corrected chi connectivity index (χ3v) is 4.36. The van der Waals surface area contributed by atoms with E-state index in [1.165, 1.54) is 11.8 Å². The molecule has 1 heterocycles. The molecule has 2 aromatic rings. The van der Waals surface area contributed by atoms with Gasteiger partial charge in [-0.05, 0) is 18.4 Å². The van der Waals surface area contributed by atoms with Gasteiger partial charge in [0.25, 0.3) is 5.91 Å². The van der Waals surface area contributed by atoms with Gasteiger partial charge in [-0.15, -0.1) is 0 Å². The van der Waals surface area contributed by atoms with Gasteiger partial charge >= 0.3 is 0 Å². The van der Waals surface area contributed by atoms with Crippen LogP contribution in [0.1, 0.15) is 16.1 Å². The molecule has 0 saturated carbocycles. The largest absolute Gasteiger partial charge is 0.348 e. The Balaban J connectivity index is 1.74.